The number of ether oxygens (including phenoxy) is 1. The third-order valence-corrected chi connectivity index (χ3v) is 8.67. The fourth-order valence-electron chi connectivity index (χ4n) is 4.56. The van der Waals surface area contributed by atoms with E-state index >= 15 is 0 Å². The van der Waals surface area contributed by atoms with Gasteiger partial charge in [-0.2, -0.15) is 9.40 Å². The van der Waals surface area contributed by atoms with Gasteiger partial charge >= 0.3 is 0 Å². The summed E-state index contributed by atoms with van der Waals surface area (Å²) in [7, 11) is -0.377. The van der Waals surface area contributed by atoms with E-state index in [9.17, 15) is 13.2 Å². The first kappa shape index (κ1) is 29.9. The smallest absolute Gasteiger partial charge is 0.274 e. The maximum atomic E-state index is 13.6. The van der Waals surface area contributed by atoms with E-state index in [2.05, 4.69) is 35.8 Å². The molecule has 0 aliphatic carbocycles. The van der Waals surface area contributed by atoms with Crippen molar-refractivity contribution in [3.8, 4) is 17.0 Å². The van der Waals surface area contributed by atoms with Crippen molar-refractivity contribution in [1.29, 1.82) is 0 Å². The zero-order valence-corrected chi connectivity index (χ0v) is 24.5. The Morgan fingerprint density at radius 3 is 2.45 bits per heavy atom. The Morgan fingerprint density at radius 2 is 1.79 bits per heavy atom. The van der Waals surface area contributed by atoms with Crippen molar-refractivity contribution in [3.05, 3.63) is 40.3 Å². The molecule has 0 amide bonds. The number of fused-ring (bicyclic) bond motifs is 1. The highest BCUT2D eigenvalue weighted by molar-refractivity contribution is 7.89. The Balaban J connectivity index is 2.03. The molecule has 0 spiro atoms. The molecule has 38 heavy (non-hydrogen) atoms. The molecule has 3 aromatic rings. The molecule has 9 nitrogen and oxygen atoms in total. The first-order chi connectivity index (χ1) is 18.2. The summed E-state index contributed by atoms with van der Waals surface area (Å²) in [6.45, 7) is 11.7. The molecule has 3 rings (SSSR count). The van der Waals surface area contributed by atoms with E-state index in [-0.39, 0.29) is 10.5 Å². The summed E-state index contributed by atoms with van der Waals surface area (Å²) in [5.41, 5.74) is 2.13. The molecule has 0 aliphatic rings. The number of rotatable bonds is 15. The highest BCUT2D eigenvalue weighted by atomic mass is 32.2. The minimum Gasteiger partial charge on any atom is -0.493 e. The largest absolute Gasteiger partial charge is 0.493 e. The third kappa shape index (κ3) is 6.65. The monoisotopic (exact) mass is 545 g/mol. The lowest BCUT2D eigenvalue weighted by Crippen LogP contribution is -2.36. The van der Waals surface area contributed by atoms with Gasteiger partial charge in [0.25, 0.3) is 5.56 Å². The standard InChI is InChI=1S/C28H43N5O4S/c1-7-11-15-33(10-4)17-16-31(5)38(35,36)21-13-14-26(37-18-9-3)22(19-21)25-20-23-24(12-8-2)30-32(6)27(23)28(34)29-25/h13-14,19-20H,7-12,15-18H2,1-6H3,(H,29,34). The van der Waals surface area contributed by atoms with Crippen LogP contribution in [0.15, 0.2) is 34.0 Å². The number of likely N-dealkylation sites (N-methyl/N-ethyl adjacent to an activating group) is 2. The van der Waals surface area contributed by atoms with E-state index < -0.39 is 10.0 Å². The Labute approximate surface area is 226 Å². The summed E-state index contributed by atoms with van der Waals surface area (Å²) in [5, 5.41) is 5.32. The Kier molecular flexibility index (Phi) is 10.5. The van der Waals surface area contributed by atoms with Gasteiger partial charge in [-0.05, 0) is 56.6 Å². The molecule has 210 valence electrons. The van der Waals surface area contributed by atoms with Crippen LogP contribution in [0.5, 0.6) is 5.75 Å². The normalized spacial score (nSPS) is 12.2. The molecule has 10 heteroatoms. The highest BCUT2D eigenvalue weighted by Crippen LogP contribution is 2.33. The number of aryl methyl sites for hydroxylation is 2. The molecule has 1 aromatic carbocycles. The second-order valence-electron chi connectivity index (χ2n) is 9.72. The predicted octanol–water partition coefficient (Wildman–Crippen LogP) is 4.41. The first-order valence-corrected chi connectivity index (χ1v) is 15.2. The Morgan fingerprint density at radius 1 is 1.03 bits per heavy atom. The van der Waals surface area contributed by atoms with Crippen LogP contribution in [0.4, 0.5) is 0 Å². The molecule has 0 fully saturated rings. The van der Waals surface area contributed by atoms with Gasteiger partial charge in [0.05, 0.1) is 22.9 Å². The number of nitrogens with zero attached hydrogens (tertiary/aromatic N) is 4. The number of aromatic nitrogens is 3. The zero-order chi connectivity index (χ0) is 27.9. The lowest BCUT2D eigenvalue weighted by atomic mass is 10.1. The van der Waals surface area contributed by atoms with Crippen LogP contribution in [0.25, 0.3) is 22.2 Å². The molecule has 0 radical (unpaired) electrons. The quantitative estimate of drug-likeness (QED) is 0.304. The minimum atomic E-state index is -3.75. The lowest BCUT2D eigenvalue weighted by molar-refractivity contribution is 0.265. The fourth-order valence-corrected chi connectivity index (χ4v) is 5.74. The van der Waals surface area contributed by atoms with Crippen LogP contribution in [-0.2, 0) is 23.5 Å². The van der Waals surface area contributed by atoms with Gasteiger partial charge in [-0.3, -0.25) is 9.48 Å². The molecule has 0 atom stereocenters. The fraction of sp³-hybridized carbons (Fsp3) is 0.571. The third-order valence-electron chi connectivity index (χ3n) is 6.82. The first-order valence-electron chi connectivity index (χ1n) is 13.7. The number of hydrogen-bond acceptors (Lipinski definition) is 6. The number of benzene rings is 1. The second kappa shape index (κ2) is 13.4. The van der Waals surface area contributed by atoms with E-state index in [1.807, 2.05) is 13.0 Å². The van der Waals surface area contributed by atoms with Crippen molar-refractivity contribution in [2.75, 3.05) is 39.8 Å². The van der Waals surface area contributed by atoms with Crippen molar-refractivity contribution in [2.24, 2.45) is 7.05 Å². The average Bonchev–Trinajstić information content (AvgIpc) is 3.22. The Bertz CT molecular complexity index is 1380. The molecule has 0 bridgehead atoms. The van der Waals surface area contributed by atoms with Crippen LogP contribution >= 0.6 is 0 Å². The molecule has 0 aliphatic heterocycles. The van der Waals surface area contributed by atoms with Gasteiger partial charge < -0.3 is 14.6 Å². The van der Waals surface area contributed by atoms with Crippen molar-refractivity contribution >= 4 is 20.9 Å². The van der Waals surface area contributed by atoms with Gasteiger partial charge in [-0.1, -0.05) is 40.5 Å². The predicted molar refractivity (Wildman–Crippen MR) is 153 cm³/mol. The number of pyridine rings is 1. The topological polar surface area (TPSA) is 101 Å². The van der Waals surface area contributed by atoms with Crippen LogP contribution in [0.2, 0.25) is 0 Å². The number of nitrogens with one attached hydrogen (secondary N) is 1. The molecule has 1 N–H and O–H groups in total. The summed E-state index contributed by atoms with van der Waals surface area (Å²) in [5.74, 6) is 0.529. The average molecular weight is 546 g/mol. The number of aromatic amines is 1. The summed E-state index contributed by atoms with van der Waals surface area (Å²) in [6.07, 6.45) is 4.63. The van der Waals surface area contributed by atoms with Crippen molar-refractivity contribution < 1.29 is 13.2 Å². The lowest BCUT2D eigenvalue weighted by Gasteiger charge is -2.24. The van der Waals surface area contributed by atoms with Crippen molar-refractivity contribution in [2.45, 2.75) is 64.7 Å². The molecule has 0 saturated carbocycles. The minimum absolute atomic E-state index is 0.163. The highest BCUT2D eigenvalue weighted by Gasteiger charge is 2.24. The molecular formula is C28H43N5O4S. The molecule has 0 unspecified atom stereocenters. The van der Waals surface area contributed by atoms with Crippen LogP contribution < -0.4 is 10.3 Å². The summed E-state index contributed by atoms with van der Waals surface area (Å²) in [6, 6.07) is 6.76. The maximum absolute atomic E-state index is 13.6. The summed E-state index contributed by atoms with van der Waals surface area (Å²) in [4.78, 5) is 18.5. The van der Waals surface area contributed by atoms with Crippen molar-refractivity contribution in [3.63, 3.8) is 0 Å². The molecule has 2 heterocycles. The number of unbranched alkanes of at least 4 members (excludes halogenated alkanes) is 1. The van der Waals surface area contributed by atoms with E-state index in [1.165, 1.54) is 4.31 Å². The van der Waals surface area contributed by atoms with E-state index in [1.54, 1.807) is 37.0 Å². The van der Waals surface area contributed by atoms with Gasteiger partial charge in [0.2, 0.25) is 10.0 Å². The van der Waals surface area contributed by atoms with Crippen LogP contribution in [0.1, 0.15) is 59.1 Å². The van der Waals surface area contributed by atoms with Gasteiger partial charge in [0, 0.05) is 38.1 Å². The summed E-state index contributed by atoms with van der Waals surface area (Å²) >= 11 is 0. The van der Waals surface area contributed by atoms with E-state index in [4.69, 9.17) is 4.74 Å². The molecular weight excluding hydrogens is 502 g/mol. The van der Waals surface area contributed by atoms with Crippen LogP contribution in [-0.4, -0.2) is 72.2 Å². The van der Waals surface area contributed by atoms with E-state index in [0.29, 0.717) is 42.2 Å². The van der Waals surface area contributed by atoms with Crippen LogP contribution in [0, 0.1) is 0 Å². The number of H-pyrrole nitrogens is 1. The molecule has 0 saturated heterocycles. The Hall–Kier alpha value is -2.69. The SMILES string of the molecule is CCCCN(CC)CCN(C)S(=O)(=O)c1ccc(OCCC)c(-c2cc3c(CCC)nn(C)c3c(=O)[nH]2)c1. The van der Waals surface area contributed by atoms with E-state index in [0.717, 1.165) is 56.3 Å². The number of hydrogen-bond donors (Lipinski definition) is 1. The van der Waals surface area contributed by atoms with Crippen LogP contribution in [0.3, 0.4) is 0 Å². The van der Waals surface area contributed by atoms with Gasteiger partial charge in [0.1, 0.15) is 11.3 Å². The summed E-state index contributed by atoms with van der Waals surface area (Å²) < 4.78 is 36.1. The zero-order valence-electron chi connectivity index (χ0n) is 23.7. The number of sulfonamides is 1. The van der Waals surface area contributed by atoms with Gasteiger partial charge in [-0.15, -0.1) is 0 Å². The van der Waals surface area contributed by atoms with Gasteiger partial charge in [-0.25, -0.2) is 8.42 Å². The second-order valence-corrected chi connectivity index (χ2v) is 11.8. The van der Waals surface area contributed by atoms with Crippen molar-refractivity contribution in [1.82, 2.24) is 24.0 Å². The van der Waals surface area contributed by atoms with Gasteiger partial charge in [0.15, 0.2) is 0 Å². The molecule has 2 aromatic heterocycles. The maximum Gasteiger partial charge on any atom is 0.274 e.